The first-order valence-electron chi connectivity index (χ1n) is 13.7. The van der Waals surface area contributed by atoms with E-state index in [2.05, 4.69) is 5.32 Å². The summed E-state index contributed by atoms with van der Waals surface area (Å²) in [7, 11) is 0. The molecule has 0 aliphatic carbocycles. The van der Waals surface area contributed by atoms with E-state index in [9.17, 15) is 42.2 Å². The Bertz CT molecular complexity index is 1600. The van der Waals surface area contributed by atoms with Gasteiger partial charge in [0.1, 0.15) is 22.5 Å². The van der Waals surface area contributed by atoms with Gasteiger partial charge in [0.2, 0.25) is 5.91 Å². The van der Waals surface area contributed by atoms with E-state index in [1.807, 2.05) is 0 Å². The van der Waals surface area contributed by atoms with Crippen LogP contribution >= 0.6 is 11.8 Å². The first-order chi connectivity index (χ1) is 20.7. The summed E-state index contributed by atoms with van der Waals surface area (Å²) < 4.78 is 53.1. The number of carbonyl (C=O) groups is 3. The van der Waals surface area contributed by atoms with E-state index < -0.39 is 58.3 Å². The number of hydrogen-bond donors (Lipinski definition) is 3. The van der Waals surface area contributed by atoms with Crippen molar-refractivity contribution in [3.05, 3.63) is 100 Å². The number of nitrogens with zero attached hydrogens (tertiary/aromatic N) is 2. The number of halogens is 4. The van der Waals surface area contributed by atoms with Gasteiger partial charge in [0, 0.05) is 17.7 Å². The summed E-state index contributed by atoms with van der Waals surface area (Å²) in [5, 5.41) is 24.1. The lowest BCUT2D eigenvalue weighted by Crippen LogP contribution is -2.73. The van der Waals surface area contributed by atoms with E-state index in [1.54, 1.807) is 44.2 Å². The van der Waals surface area contributed by atoms with Gasteiger partial charge in [0.25, 0.3) is 11.8 Å². The molecule has 2 aliphatic heterocycles. The van der Waals surface area contributed by atoms with Gasteiger partial charge in [-0.2, -0.15) is 13.2 Å². The molecule has 2 saturated heterocycles. The molecule has 3 aromatic rings. The molecule has 13 heteroatoms. The number of alkyl halides is 3. The SMILES string of the molecule is Cc1c(O)cccc1C(=O)N[C@@H](Cc1ccccc1)[C@H](O)C(=O)N1CSC2(C)[C@H]1C(=O)N2Cc1ccc(C(F)(F)F)c(F)c1. The predicted molar refractivity (Wildman–Crippen MR) is 154 cm³/mol. The molecule has 0 spiro atoms. The van der Waals surface area contributed by atoms with Crippen LogP contribution < -0.4 is 5.32 Å². The number of rotatable bonds is 8. The van der Waals surface area contributed by atoms with E-state index in [0.717, 1.165) is 17.7 Å². The Labute approximate surface area is 254 Å². The van der Waals surface area contributed by atoms with Crippen molar-refractivity contribution in [2.75, 3.05) is 5.88 Å². The first-order valence-corrected chi connectivity index (χ1v) is 14.6. The highest BCUT2D eigenvalue weighted by Gasteiger charge is 2.65. The quantitative estimate of drug-likeness (QED) is 0.254. The highest BCUT2D eigenvalue weighted by Crippen LogP contribution is 2.51. The fourth-order valence-corrected chi connectivity index (χ4v) is 6.97. The minimum Gasteiger partial charge on any atom is -0.508 e. The number of phenols is 1. The third-order valence-corrected chi connectivity index (χ3v) is 9.55. The predicted octanol–water partition coefficient (Wildman–Crippen LogP) is 4.22. The molecule has 3 amide bonds. The Hall–Kier alpha value is -4.10. The Kier molecular flexibility index (Phi) is 8.38. The molecule has 232 valence electrons. The summed E-state index contributed by atoms with van der Waals surface area (Å²) in [5.74, 6) is -3.41. The van der Waals surface area contributed by atoms with Crippen LogP contribution in [0, 0.1) is 12.7 Å². The van der Waals surface area contributed by atoms with Crippen LogP contribution in [0.2, 0.25) is 0 Å². The number of aliphatic hydroxyl groups excluding tert-OH is 1. The van der Waals surface area contributed by atoms with Gasteiger partial charge >= 0.3 is 6.18 Å². The number of phenolic OH excluding ortho intramolecular Hbond substituents is 1. The number of likely N-dealkylation sites (tertiary alicyclic amines) is 1. The lowest BCUT2D eigenvalue weighted by Gasteiger charge is -2.52. The number of hydrogen-bond acceptors (Lipinski definition) is 6. The molecule has 1 unspecified atom stereocenters. The molecule has 8 nitrogen and oxygen atoms in total. The second kappa shape index (κ2) is 11.8. The topological polar surface area (TPSA) is 110 Å². The number of fused-ring (bicyclic) bond motifs is 1. The van der Waals surface area contributed by atoms with Crippen molar-refractivity contribution in [1.82, 2.24) is 15.1 Å². The van der Waals surface area contributed by atoms with Crippen LogP contribution in [0.15, 0.2) is 66.7 Å². The zero-order valence-corrected chi connectivity index (χ0v) is 24.5. The van der Waals surface area contributed by atoms with Crippen molar-refractivity contribution in [2.24, 2.45) is 0 Å². The molecule has 2 aliphatic rings. The van der Waals surface area contributed by atoms with Gasteiger partial charge in [0.05, 0.1) is 17.5 Å². The summed E-state index contributed by atoms with van der Waals surface area (Å²) >= 11 is 1.23. The van der Waals surface area contributed by atoms with Crippen LogP contribution in [0.25, 0.3) is 0 Å². The van der Waals surface area contributed by atoms with E-state index in [-0.39, 0.29) is 35.7 Å². The highest BCUT2D eigenvalue weighted by molar-refractivity contribution is 8.01. The average Bonchev–Trinajstić information content (AvgIpc) is 3.29. The zero-order valence-electron chi connectivity index (χ0n) is 23.6. The molecular formula is C31H29F4N3O5S. The first kappa shape index (κ1) is 31.3. The van der Waals surface area contributed by atoms with Crippen LogP contribution in [-0.4, -0.2) is 66.7 Å². The largest absolute Gasteiger partial charge is 0.508 e. The van der Waals surface area contributed by atoms with Gasteiger partial charge in [-0.05, 0) is 55.7 Å². The monoisotopic (exact) mass is 631 g/mol. The molecular weight excluding hydrogens is 602 g/mol. The Balaban J connectivity index is 1.33. The fraction of sp³-hybridized carbons (Fsp3) is 0.323. The standard InChI is InChI=1S/C31H29F4N3O5S/c1-17-20(9-6-10-24(17)39)27(41)36-23(14-18-7-4-3-5-8-18)25(40)28(42)37-16-44-30(2)26(37)29(43)38(30)15-19-11-12-21(22(32)13-19)31(33,34)35/h3-13,23,25-26,39-40H,14-16H2,1-2H3,(H,36,41)/t23-,25-,26+,30?/m0/s1. The molecule has 0 aromatic heterocycles. The Morgan fingerprint density at radius 2 is 1.80 bits per heavy atom. The van der Waals surface area contributed by atoms with Gasteiger partial charge in [-0.25, -0.2) is 4.39 Å². The van der Waals surface area contributed by atoms with Gasteiger partial charge in [-0.1, -0.05) is 42.5 Å². The minimum atomic E-state index is -4.85. The van der Waals surface area contributed by atoms with Gasteiger partial charge in [-0.15, -0.1) is 11.8 Å². The molecule has 3 aromatic carbocycles. The third kappa shape index (κ3) is 5.73. The molecule has 3 N–H and O–H groups in total. The van der Waals surface area contributed by atoms with Crippen LogP contribution in [0.5, 0.6) is 5.75 Å². The van der Waals surface area contributed by atoms with Gasteiger partial charge < -0.3 is 25.3 Å². The average molecular weight is 632 g/mol. The van der Waals surface area contributed by atoms with Crippen molar-refractivity contribution in [1.29, 1.82) is 0 Å². The van der Waals surface area contributed by atoms with E-state index in [0.29, 0.717) is 11.6 Å². The summed E-state index contributed by atoms with van der Waals surface area (Å²) in [6, 6.07) is 13.7. The number of β-lactam (4-membered cyclic amide) rings is 1. The number of thioether (sulfide) groups is 1. The number of aromatic hydroxyl groups is 1. The summed E-state index contributed by atoms with van der Waals surface area (Å²) in [6.07, 6.45) is -6.51. The van der Waals surface area contributed by atoms with Crippen LogP contribution in [0.1, 0.15) is 39.5 Å². The lowest BCUT2D eigenvalue weighted by molar-refractivity contribution is -0.168. The molecule has 0 radical (unpaired) electrons. The molecule has 0 saturated carbocycles. The second-order valence-electron chi connectivity index (χ2n) is 10.9. The van der Waals surface area contributed by atoms with E-state index in [1.165, 1.54) is 39.8 Å². The number of carbonyl (C=O) groups excluding carboxylic acids is 3. The molecule has 2 heterocycles. The molecule has 2 fully saturated rings. The number of benzene rings is 3. The second-order valence-corrected chi connectivity index (χ2v) is 12.3. The normalized spacial score (nSPS) is 21.0. The zero-order chi connectivity index (χ0) is 32.0. The summed E-state index contributed by atoms with van der Waals surface area (Å²) in [4.78, 5) is 41.8. The highest BCUT2D eigenvalue weighted by atomic mass is 32.2. The number of aliphatic hydroxyl groups is 1. The minimum absolute atomic E-state index is 0.0261. The molecule has 0 bridgehead atoms. The Morgan fingerprint density at radius 1 is 1.09 bits per heavy atom. The van der Waals surface area contributed by atoms with E-state index >= 15 is 0 Å². The Morgan fingerprint density at radius 3 is 2.45 bits per heavy atom. The van der Waals surface area contributed by atoms with Crippen molar-refractivity contribution < 1.29 is 42.2 Å². The van der Waals surface area contributed by atoms with Crippen LogP contribution in [0.3, 0.4) is 0 Å². The van der Waals surface area contributed by atoms with Crippen molar-refractivity contribution in [2.45, 2.75) is 56.0 Å². The third-order valence-electron chi connectivity index (χ3n) is 8.11. The van der Waals surface area contributed by atoms with Crippen LogP contribution in [0.4, 0.5) is 17.6 Å². The van der Waals surface area contributed by atoms with Crippen molar-refractivity contribution in [3.8, 4) is 5.75 Å². The number of amides is 3. The fourth-order valence-electron chi connectivity index (χ4n) is 5.59. The van der Waals surface area contributed by atoms with Gasteiger partial charge in [-0.3, -0.25) is 14.4 Å². The van der Waals surface area contributed by atoms with Crippen molar-refractivity contribution >= 4 is 29.5 Å². The lowest BCUT2D eigenvalue weighted by atomic mass is 9.92. The maximum Gasteiger partial charge on any atom is 0.419 e. The molecule has 4 atom stereocenters. The van der Waals surface area contributed by atoms with Crippen molar-refractivity contribution in [3.63, 3.8) is 0 Å². The number of nitrogens with one attached hydrogen (secondary N) is 1. The molecule has 44 heavy (non-hydrogen) atoms. The maximum absolute atomic E-state index is 14.2. The van der Waals surface area contributed by atoms with Crippen LogP contribution in [-0.2, 0) is 28.7 Å². The van der Waals surface area contributed by atoms with Gasteiger partial charge in [0.15, 0.2) is 6.10 Å². The maximum atomic E-state index is 14.2. The smallest absolute Gasteiger partial charge is 0.419 e. The van der Waals surface area contributed by atoms with E-state index in [4.69, 9.17) is 0 Å². The summed E-state index contributed by atoms with van der Waals surface area (Å²) in [6.45, 7) is 3.08. The summed E-state index contributed by atoms with van der Waals surface area (Å²) in [5.41, 5.74) is -0.0346. The molecule has 5 rings (SSSR count).